The maximum Gasteiger partial charge on any atom is 0.326 e. The molecule has 2 aromatic heterocycles. The van der Waals surface area contributed by atoms with Crippen LogP contribution < -0.4 is 16.4 Å². The van der Waals surface area contributed by atoms with Crippen LogP contribution in [0.4, 0.5) is 17.5 Å². The second-order valence-electron chi connectivity index (χ2n) is 9.31. The number of hydrogen-bond donors (Lipinski definition) is 4. The number of carbonyl (C=O) groups is 1. The number of carboxylic acid groups (broad SMARTS) is 1. The van der Waals surface area contributed by atoms with E-state index in [0.717, 1.165) is 56.8 Å². The molecule has 0 bridgehead atoms. The number of carboxylic acids is 1. The molecule has 2 aliphatic rings. The molecular formula is C26H36N8O2. The van der Waals surface area contributed by atoms with Gasteiger partial charge in [-0.25, -0.2) is 24.7 Å². The topological polar surface area (TPSA) is 142 Å². The van der Waals surface area contributed by atoms with E-state index in [2.05, 4.69) is 42.6 Å². The van der Waals surface area contributed by atoms with E-state index in [1.54, 1.807) is 12.1 Å². The van der Waals surface area contributed by atoms with Crippen molar-refractivity contribution < 1.29 is 9.90 Å². The molecule has 1 aliphatic heterocycles. The van der Waals surface area contributed by atoms with E-state index in [1.165, 1.54) is 43.6 Å². The third kappa shape index (κ3) is 7.74. The van der Waals surface area contributed by atoms with Gasteiger partial charge in [-0.3, -0.25) is 0 Å². The summed E-state index contributed by atoms with van der Waals surface area (Å²) in [5, 5.41) is 16.2. The summed E-state index contributed by atoms with van der Waals surface area (Å²) < 4.78 is 0. The van der Waals surface area contributed by atoms with Crippen LogP contribution in [0.5, 0.6) is 0 Å². The number of nitrogens with one attached hydrogen (secondary N) is 2. The second kappa shape index (κ2) is 13.0. The van der Waals surface area contributed by atoms with Crippen molar-refractivity contribution in [2.24, 2.45) is 10.7 Å². The van der Waals surface area contributed by atoms with Crippen LogP contribution in [-0.2, 0) is 17.6 Å². The molecule has 36 heavy (non-hydrogen) atoms. The van der Waals surface area contributed by atoms with Gasteiger partial charge in [0.1, 0.15) is 24.0 Å². The fourth-order valence-electron chi connectivity index (χ4n) is 4.44. The number of aromatic nitrogens is 3. The molecule has 0 radical (unpaired) electrons. The minimum absolute atomic E-state index is 0.429. The van der Waals surface area contributed by atoms with Gasteiger partial charge in [0.15, 0.2) is 5.82 Å². The zero-order valence-corrected chi connectivity index (χ0v) is 20.6. The van der Waals surface area contributed by atoms with Crippen molar-refractivity contribution in [1.82, 2.24) is 19.9 Å². The van der Waals surface area contributed by atoms with Crippen LogP contribution in [0.1, 0.15) is 49.8 Å². The van der Waals surface area contributed by atoms with E-state index in [9.17, 15) is 9.90 Å². The van der Waals surface area contributed by atoms with Gasteiger partial charge >= 0.3 is 5.97 Å². The van der Waals surface area contributed by atoms with Gasteiger partial charge in [0.05, 0.1) is 0 Å². The molecule has 4 rings (SSSR count). The van der Waals surface area contributed by atoms with E-state index in [0.29, 0.717) is 24.1 Å². The summed E-state index contributed by atoms with van der Waals surface area (Å²) in [5.41, 5.74) is 7.76. The van der Waals surface area contributed by atoms with Crippen LogP contribution in [-0.4, -0.2) is 68.9 Å². The Labute approximate surface area is 212 Å². The van der Waals surface area contributed by atoms with Crippen LogP contribution >= 0.6 is 0 Å². The van der Waals surface area contributed by atoms with Crippen LogP contribution in [0.3, 0.4) is 0 Å². The summed E-state index contributed by atoms with van der Waals surface area (Å²) in [6.07, 6.45) is 14.1. The summed E-state index contributed by atoms with van der Waals surface area (Å²) in [5.74, 6) is 1.03. The van der Waals surface area contributed by atoms with Gasteiger partial charge in [0.2, 0.25) is 0 Å². The highest BCUT2D eigenvalue weighted by Crippen LogP contribution is 2.28. The highest BCUT2D eigenvalue weighted by atomic mass is 16.4. The molecular weight excluding hydrogens is 456 g/mol. The van der Waals surface area contributed by atoms with Crippen molar-refractivity contribution in [3.05, 3.63) is 48.1 Å². The number of nitrogens with two attached hydrogens (primary N) is 1. The van der Waals surface area contributed by atoms with Crippen molar-refractivity contribution >= 4 is 29.6 Å². The van der Waals surface area contributed by atoms with Crippen molar-refractivity contribution in [3.8, 4) is 0 Å². The summed E-state index contributed by atoms with van der Waals surface area (Å²) in [4.78, 5) is 31.5. The second-order valence-corrected chi connectivity index (χ2v) is 9.31. The van der Waals surface area contributed by atoms with Crippen molar-refractivity contribution in [3.63, 3.8) is 0 Å². The molecule has 10 nitrogen and oxygen atoms in total. The maximum atomic E-state index is 11.9. The van der Waals surface area contributed by atoms with Crippen LogP contribution in [0.25, 0.3) is 0 Å². The molecule has 0 aromatic carbocycles. The van der Waals surface area contributed by atoms with Crippen LogP contribution in [0, 0.1) is 0 Å². The monoisotopic (exact) mass is 492 g/mol. The fourth-order valence-corrected chi connectivity index (χ4v) is 4.44. The molecule has 1 aliphatic carbocycles. The molecule has 1 unspecified atom stereocenters. The van der Waals surface area contributed by atoms with Crippen molar-refractivity contribution in [2.75, 3.05) is 30.3 Å². The van der Waals surface area contributed by atoms with Gasteiger partial charge in [-0.1, -0.05) is 6.07 Å². The van der Waals surface area contributed by atoms with Gasteiger partial charge in [-0.05, 0) is 81.8 Å². The van der Waals surface area contributed by atoms with Gasteiger partial charge in [-0.15, -0.1) is 0 Å². The Morgan fingerprint density at radius 2 is 2.19 bits per heavy atom. The Kier molecular flexibility index (Phi) is 9.21. The minimum Gasteiger partial charge on any atom is -0.480 e. The highest BCUT2D eigenvalue weighted by molar-refractivity contribution is 5.77. The molecule has 0 amide bonds. The van der Waals surface area contributed by atoms with Crippen LogP contribution in [0.15, 0.2) is 41.8 Å². The molecule has 0 spiro atoms. The number of aliphatic imine (C=N–C) groups is 1. The normalized spacial score (nSPS) is 16.2. The average molecular weight is 493 g/mol. The number of fused-ring (bicyclic) bond motifs is 1. The molecule has 0 saturated heterocycles. The molecule has 1 atom stereocenters. The van der Waals surface area contributed by atoms with E-state index >= 15 is 0 Å². The molecule has 2 aromatic rings. The summed E-state index contributed by atoms with van der Waals surface area (Å²) in [7, 11) is 0. The number of unbranched alkanes of at least 4 members (excludes halogenated alkanes) is 1. The summed E-state index contributed by atoms with van der Waals surface area (Å²) in [6, 6.07) is 5.82. The first-order valence-electron chi connectivity index (χ1n) is 12.8. The number of anilines is 2. The molecule has 1 saturated carbocycles. The van der Waals surface area contributed by atoms with Crippen LogP contribution in [0.2, 0.25) is 0 Å². The Morgan fingerprint density at radius 3 is 3.00 bits per heavy atom. The number of nitrogens with zero attached hydrogens (tertiary/aromatic N) is 5. The number of allylic oxidation sites excluding steroid dienone is 1. The van der Waals surface area contributed by atoms with Crippen molar-refractivity contribution in [2.45, 2.75) is 63.5 Å². The fraction of sp³-hybridized carbons (Fsp3) is 0.500. The zero-order chi connectivity index (χ0) is 25.2. The Hall–Kier alpha value is -3.53. The Morgan fingerprint density at radius 1 is 1.31 bits per heavy atom. The Bertz CT molecular complexity index is 1070. The largest absolute Gasteiger partial charge is 0.480 e. The molecule has 192 valence electrons. The minimum atomic E-state index is -0.896. The van der Waals surface area contributed by atoms with E-state index < -0.39 is 12.0 Å². The standard InChI is InChI=1S/C26H36N8O2/c27-12-4-14-28-23-17-24(31-18-30-23)33-22(26(35)36)11-16-34(21-9-10-21)15-2-1-6-20-8-7-19-5-3-13-29-25(19)32-20/h4,7-8,12,14,17-18,21-22H,1-3,5-6,9-11,13,15-16,27H2,(H,29,32)(H,35,36)(H,30,31,33). The number of aryl methyl sites for hydroxylation is 2. The first-order valence-corrected chi connectivity index (χ1v) is 12.8. The van der Waals surface area contributed by atoms with E-state index in [1.807, 2.05) is 0 Å². The number of rotatable bonds is 14. The smallest absolute Gasteiger partial charge is 0.326 e. The average Bonchev–Trinajstić information content (AvgIpc) is 3.73. The van der Waals surface area contributed by atoms with E-state index in [4.69, 9.17) is 10.7 Å². The zero-order valence-electron chi connectivity index (χ0n) is 20.6. The number of aliphatic carboxylic acids is 1. The lowest BCUT2D eigenvalue weighted by Gasteiger charge is -2.24. The Balaban J connectivity index is 1.25. The maximum absolute atomic E-state index is 11.9. The van der Waals surface area contributed by atoms with Gasteiger partial charge in [-0.2, -0.15) is 0 Å². The molecule has 10 heteroatoms. The summed E-state index contributed by atoms with van der Waals surface area (Å²) in [6.45, 7) is 2.71. The predicted molar refractivity (Wildman–Crippen MR) is 142 cm³/mol. The van der Waals surface area contributed by atoms with E-state index in [-0.39, 0.29) is 0 Å². The molecule has 3 heterocycles. The third-order valence-corrected chi connectivity index (χ3v) is 6.53. The first kappa shape index (κ1) is 25.6. The summed E-state index contributed by atoms with van der Waals surface area (Å²) >= 11 is 0. The first-order chi connectivity index (χ1) is 17.6. The SMILES string of the molecule is NC=CC=Nc1cc(NC(CCN(CCCCc2ccc3c(n2)NCCC3)C2CC2)C(=O)O)ncn1. The quantitative estimate of drug-likeness (QED) is 0.231. The lowest BCUT2D eigenvalue weighted by molar-refractivity contribution is -0.138. The lowest BCUT2D eigenvalue weighted by Crippen LogP contribution is -2.36. The molecule has 1 fully saturated rings. The predicted octanol–water partition coefficient (Wildman–Crippen LogP) is 3.15. The van der Waals surface area contributed by atoms with Gasteiger partial charge in [0.25, 0.3) is 0 Å². The highest BCUT2D eigenvalue weighted by Gasteiger charge is 2.29. The number of hydrogen-bond acceptors (Lipinski definition) is 9. The van der Waals surface area contributed by atoms with Gasteiger partial charge in [0, 0.05) is 37.1 Å². The van der Waals surface area contributed by atoms with Crippen molar-refractivity contribution in [1.29, 1.82) is 0 Å². The third-order valence-electron chi connectivity index (χ3n) is 6.53. The lowest BCUT2D eigenvalue weighted by atomic mass is 10.1. The number of pyridine rings is 1. The molecule has 5 N–H and O–H groups in total. The van der Waals surface area contributed by atoms with Gasteiger partial charge < -0.3 is 26.4 Å².